The molecule has 0 N–H and O–H groups in total. The van der Waals surface area contributed by atoms with Crippen LogP contribution in [0.2, 0.25) is 5.02 Å². The molecule has 0 aromatic heterocycles. The lowest BCUT2D eigenvalue weighted by Gasteiger charge is -2.25. The lowest BCUT2D eigenvalue weighted by molar-refractivity contribution is 0.401. The van der Waals surface area contributed by atoms with Crippen molar-refractivity contribution in [2.75, 3.05) is 7.11 Å². The van der Waals surface area contributed by atoms with Crippen molar-refractivity contribution in [2.45, 2.75) is 51.0 Å². The Kier molecular flexibility index (Phi) is 4.52. The number of hydrogen-bond acceptors (Lipinski definition) is 3. The summed E-state index contributed by atoms with van der Waals surface area (Å²) in [7, 11) is 1.64. The van der Waals surface area contributed by atoms with E-state index in [-0.39, 0.29) is 5.92 Å². The van der Waals surface area contributed by atoms with Gasteiger partial charge in [-0.3, -0.25) is 0 Å². The Morgan fingerprint density at radius 3 is 2.50 bits per heavy atom. The first-order valence-corrected chi connectivity index (χ1v) is 7.39. The van der Waals surface area contributed by atoms with E-state index in [4.69, 9.17) is 16.3 Å². The van der Waals surface area contributed by atoms with Crippen LogP contribution in [0.5, 0.6) is 5.75 Å². The Balaban J connectivity index is 2.58. The zero-order valence-electron chi connectivity index (χ0n) is 12.2. The van der Waals surface area contributed by atoms with Crippen LogP contribution in [0.25, 0.3) is 0 Å². The van der Waals surface area contributed by atoms with E-state index < -0.39 is 5.54 Å². The van der Waals surface area contributed by atoms with Crippen LogP contribution in [0.15, 0.2) is 17.1 Å². The number of isocyanates is 1. The van der Waals surface area contributed by atoms with Crippen molar-refractivity contribution in [3.8, 4) is 5.75 Å². The number of ether oxygens (including phenoxy) is 1. The molecule has 4 heteroatoms. The fraction of sp³-hybridized carbons (Fsp3) is 0.562. The second-order valence-electron chi connectivity index (χ2n) is 5.67. The van der Waals surface area contributed by atoms with E-state index in [2.05, 4.69) is 18.8 Å². The monoisotopic (exact) mass is 293 g/mol. The molecule has 2 rings (SSSR count). The molecule has 0 atom stereocenters. The number of nitrogens with zero attached hydrogens (tertiary/aromatic N) is 1. The molecular weight excluding hydrogens is 274 g/mol. The van der Waals surface area contributed by atoms with Crippen LogP contribution in [-0.4, -0.2) is 13.2 Å². The van der Waals surface area contributed by atoms with Crippen LogP contribution in [0.1, 0.15) is 56.6 Å². The van der Waals surface area contributed by atoms with Crippen molar-refractivity contribution < 1.29 is 9.53 Å². The van der Waals surface area contributed by atoms with Crippen molar-refractivity contribution in [2.24, 2.45) is 4.99 Å². The molecule has 1 saturated carbocycles. The highest BCUT2D eigenvalue weighted by molar-refractivity contribution is 6.31. The molecule has 0 saturated heterocycles. The van der Waals surface area contributed by atoms with E-state index in [9.17, 15) is 4.79 Å². The second kappa shape index (κ2) is 5.99. The molecule has 1 aliphatic rings. The van der Waals surface area contributed by atoms with Gasteiger partial charge in [-0.05, 0) is 36.5 Å². The average molecular weight is 294 g/mol. The predicted molar refractivity (Wildman–Crippen MR) is 80.4 cm³/mol. The number of halogens is 1. The number of benzene rings is 1. The summed E-state index contributed by atoms with van der Waals surface area (Å²) in [5.41, 5.74) is 1.50. The molecule has 3 nitrogen and oxygen atoms in total. The fourth-order valence-corrected chi connectivity index (χ4v) is 3.53. The zero-order valence-corrected chi connectivity index (χ0v) is 13.0. The lowest BCUT2D eigenvalue weighted by Crippen LogP contribution is -2.19. The highest BCUT2D eigenvalue weighted by atomic mass is 35.5. The van der Waals surface area contributed by atoms with Crippen LogP contribution < -0.4 is 4.74 Å². The summed E-state index contributed by atoms with van der Waals surface area (Å²) in [6.45, 7) is 4.16. The molecule has 0 heterocycles. The van der Waals surface area contributed by atoms with E-state index in [1.54, 1.807) is 13.2 Å². The van der Waals surface area contributed by atoms with Gasteiger partial charge in [-0.2, -0.15) is 4.99 Å². The largest absolute Gasteiger partial charge is 0.496 e. The van der Waals surface area contributed by atoms with Gasteiger partial charge in [0.1, 0.15) is 5.75 Å². The maximum atomic E-state index is 10.8. The highest BCUT2D eigenvalue weighted by Crippen LogP contribution is 2.45. The molecular formula is C16H20ClNO2. The van der Waals surface area contributed by atoms with Crippen LogP contribution in [0.4, 0.5) is 0 Å². The Morgan fingerprint density at radius 1 is 1.35 bits per heavy atom. The first-order chi connectivity index (χ1) is 9.54. The van der Waals surface area contributed by atoms with Crippen molar-refractivity contribution in [3.63, 3.8) is 0 Å². The first-order valence-electron chi connectivity index (χ1n) is 7.01. The van der Waals surface area contributed by atoms with E-state index in [0.717, 1.165) is 42.6 Å². The normalized spacial score (nSPS) is 17.1. The summed E-state index contributed by atoms with van der Waals surface area (Å²) < 4.78 is 5.49. The van der Waals surface area contributed by atoms with Crippen LogP contribution in [-0.2, 0) is 10.3 Å². The molecule has 0 bridgehead atoms. The minimum absolute atomic E-state index is 0.278. The molecule has 0 amide bonds. The number of hydrogen-bond donors (Lipinski definition) is 0. The second-order valence-corrected chi connectivity index (χ2v) is 6.08. The Labute approximate surface area is 125 Å². The van der Waals surface area contributed by atoms with Gasteiger partial charge in [-0.15, -0.1) is 0 Å². The molecule has 108 valence electrons. The summed E-state index contributed by atoms with van der Waals surface area (Å²) in [6.07, 6.45) is 5.60. The maximum absolute atomic E-state index is 10.8. The summed E-state index contributed by atoms with van der Waals surface area (Å²) in [5, 5.41) is 0.682. The van der Waals surface area contributed by atoms with Gasteiger partial charge in [0.15, 0.2) is 0 Å². The molecule has 1 aliphatic carbocycles. The van der Waals surface area contributed by atoms with Gasteiger partial charge in [0.2, 0.25) is 6.08 Å². The average Bonchev–Trinajstić information content (AvgIpc) is 2.87. The molecule has 0 spiro atoms. The molecule has 0 aliphatic heterocycles. The third-order valence-electron chi connectivity index (χ3n) is 4.12. The van der Waals surface area contributed by atoms with E-state index >= 15 is 0 Å². The summed E-state index contributed by atoms with van der Waals surface area (Å²) in [5.74, 6) is 1.05. The van der Waals surface area contributed by atoms with E-state index in [1.807, 2.05) is 12.1 Å². The molecule has 1 fully saturated rings. The summed E-state index contributed by atoms with van der Waals surface area (Å²) in [4.78, 5) is 14.9. The van der Waals surface area contributed by atoms with Gasteiger partial charge in [0.05, 0.1) is 12.6 Å². The number of methoxy groups -OCH3 is 1. The SMILES string of the molecule is COc1cc(C2(N=C=O)CCCC2)cc(Cl)c1C(C)C. The molecule has 1 aromatic carbocycles. The predicted octanol–water partition coefficient (Wildman–Crippen LogP) is 4.58. The van der Waals surface area contributed by atoms with Crippen molar-refractivity contribution >= 4 is 17.7 Å². The molecule has 0 radical (unpaired) electrons. The quantitative estimate of drug-likeness (QED) is 0.602. The summed E-state index contributed by atoms with van der Waals surface area (Å²) in [6, 6.07) is 3.92. The van der Waals surface area contributed by atoms with Gasteiger partial charge in [0, 0.05) is 10.6 Å². The number of rotatable bonds is 4. The van der Waals surface area contributed by atoms with Gasteiger partial charge in [-0.25, -0.2) is 4.79 Å². The van der Waals surface area contributed by atoms with Gasteiger partial charge in [-0.1, -0.05) is 38.3 Å². The lowest BCUT2D eigenvalue weighted by atomic mass is 9.87. The van der Waals surface area contributed by atoms with Gasteiger partial charge in [0.25, 0.3) is 0 Å². The third-order valence-corrected chi connectivity index (χ3v) is 4.43. The zero-order chi connectivity index (χ0) is 14.8. The highest BCUT2D eigenvalue weighted by Gasteiger charge is 2.36. The topological polar surface area (TPSA) is 38.7 Å². The van der Waals surface area contributed by atoms with Crippen molar-refractivity contribution in [3.05, 3.63) is 28.3 Å². The van der Waals surface area contributed by atoms with Crippen molar-refractivity contribution in [1.29, 1.82) is 0 Å². The number of aliphatic imine (C=N–C) groups is 1. The third kappa shape index (κ3) is 2.61. The molecule has 1 aromatic rings. The van der Waals surface area contributed by atoms with Crippen molar-refractivity contribution in [1.82, 2.24) is 0 Å². The van der Waals surface area contributed by atoms with Crippen LogP contribution in [0.3, 0.4) is 0 Å². The Bertz CT molecular complexity index is 542. The number of carbonyl (C=O) groups excluding carboxylic acids is 1. The maximum Gasteiger partial charge on any atom is 0.235 e. The minimum Gasteiger partial charge on any atom is -0.496 e. The molecule has 20 heavy (non-hydrogen) atoms. The standard InChI is InChI=1S/C16H20ClNO2/c1-11(2)15-13(17)8-12(9-14(15)20-3)16(18-10-19)6-4-5-7-16/h8-9,11H,4-7H2,1-3H3. The van der Waals surface area contributed by atoms with Crippen LogP contribution in [0, 0.1) is 0 Å². The molecule has 0 unspecified atom stereocenters. The fourth-order valence-electron chi connectivity index (χ4n) is 3.10. The Hall–Kier alpha value is -1.31. The smallest absolute Gasteiger partial charge is 0.235 e. The van der Waals surface area contributed by atoms with E-state index in [0.29, 0.717) is 5.02 Å². The Morgan fingerprint density at radius 2 is 2.00 bits per heavy atom. The first kappa shape index (κ1) is 15.1. The van der Waals surface area contributed by atoms with Gasteiger partial charge < -0.3 is 4.74 Å². The minimum atomic E-state index is -0.464. The summed E-state index contributed by atoms with van der Waals surface area (Å²) >= 11 is 6.43. The van der Waals surface area contributed by atoms with E-state index in [1.165, 1.54) is 0 Å². The van der Waals surface area contributed by atoms with Gasteiger partial charge >= 0.3 is 0 Å². The van der Waals surface area contributed by atoms with Crippen LogP contribution >= 0.6 is 11.6 Å².